The van der Waals surface area contributed by atoms with Crippen LogP contribution >= 0.6 is 0 Å². The van der Waals surface area contributed by atoms with Gasteiger partial charge < -0.3 is 10.7 Å². The highest BCUT2D eigenvalue weighted by molar-refractivity contribution is 5.74. The minimum Gasteiger partial charge on any atom is -0.330 e. The normalized spacial score (nSPS) is 23.8. The second-order valence-electron chi connectivity index (χ2n) is 5.68. The van der Waals surface area contributed by atoms with Crippen molar-refractivity contribution in [1.82, 2.24) is 9.55 Å². The fraction of sp³-hybridized carbons (Fsp3) is 0.533. The Bertz CT molecular complexity index is 605. The van der Waals surface area contributed by atoms with Crippen LogP contribution < -0.4 is 11.4 Å². The van der Waals surface area contributed by atoms with Crippen LogP contribution in [0.5, 0.6) is 0 Å². The predicted octanol–water partition coefficient (Wildman–Crippen LogP) is 2.09. The average Bonchev–Trinajstić information content (AvgIpc) is 2.76. The molecular formula is C15H21N3O. The topological polar surface area (TPSA) is 63.8 Å². The van der Waals surface area contributed by atoms with Crippen LogP contribution in [0.4, 0.5) is 0 Å². The van der Waals surface area contributed by atoms with E-state index in [0.29, 0.717) is 11.8 Å². The largest absolute Gasteiger partial charge is 0.330 e. The molecule has 2 aromatic rings. The molecule has 1 heterocycles. The third-order valence-corrected chi connectivity index (χ3v) is 4.42. The smallest absolute Gasteiger partial charge is 0.326 e. The molecule has 0 spiro atoms. The SMILES string of the molecule is NC[C@H]1CC[C@H](Cn2c(=O)[nH]c3ccccc32)CC1. The number of hydrogen-bond acceptors (Lipinski definition) is 2. The summed E-state index contributed by atoms with van der Waals surface area (Å²) in [5.41, 5.74) is 7.69. The lowest BCUT2D eigenvalue weighted by atomic mass is 9.82. The highest BCUT2D eigenvalue weighted by Crippen LogP contribution is 2.29. The first-order chi connectivity index (χ1) is 9.28. The lowest BCUT2D eigenvalue weighted by Crippen LogP contribution is -2.27. The second-order valence-corrected chi connectivity index (χ2v) is 5.68. The van der Waals surface area contributed by atoms with Crippen LogP contribution in [-0.4, -0.2) is 16.1 Å². The van der Waals surface area contributed by atoms with Gasteiger partial charge in [-0.1, -0.05) is 12.1 Å². The summed E-state index contributed by atoms with van der Waals surface area (Å²) in [6.45, 7) is 1.64. The van der Waals surface area contributed by atoms with Crippen molar-refractivity contribution in [3.63, 3.8) is 0 Å². The molecule has 0 atom stereocenters. The number of para-hydroxylation sites is 2. The highest BCUT2D eigenvalue weighted by Gasteiger charge is 2.21. The summed E-state index contributed by atoms with van der Waals surface area (Å²) in [6.07, 6.45) is 4.79. The van der Waals surface area contributed by atoms with E-state index in [1.165, 1.54) is 25.7 Å². The minimum atomic E-state index is 0.0159. The third kappa shape index (κ3) is 2.45. The summed E-state index contributed by atoms with van der Waals surface area (Å²) >= 11 is 0. The maximum Gasteiger partial charge on any atom is 0.326 e. The first-order valence-electron chi connectivity index (χ1n) is 7.15. The molecule has 1 aromatic heterocycles. The molecule has 4 heteroatoms. The van der Waals surface area contributed by atoms with Crippen molar-refractivity contribution in [2.24, 2.45) is 17.6 Å². The summed E-state index contributed by atoms with van der Waals surface area (Å²) in [4.78, 5) is 14.9. The van der Waals surface area contributed by atoms with Crippen molar-refractivity contribution in [1.29, 1.82) is 0 Å². The van der Waals surface area contributed by atoms with E-state index in [4.69, 9.17) is 5.73 Å². The molecule has 102 valence electrons. The number of fused-ring (bicyclic) bond motifs is 1. The number of imidazole rings is 1. The highest BCUT2D eigenvalue weighted by atomic mass is 16.1. The maximum atomic E-state index is 12.0. The molecule has 1 fully saturated rings. The van der Waals surface area contributed by atoms with E-state index in [1.54, 1.807) is 0 Å². The monoisotopic (exact) mass is 259 g/mol. The van der Waals surface area contributed by atoms with Gasteiger partial charge in [-0.25, -0.2) is 4.79 Å². The molecule has 3 rings (SSSR count). The van der Waals surface area contributed by atoms with Gasteiger partial charge in [-0.05, 0) is 56.2 Å². The summed E-state index contributed by atoms with van der Waals surface area (Å²) in [6, 6.07) is 7.91. The molecule has 1 aliphatic carbocycles. The zero-order valence-corrected chi connectivity index (χ0v) is 11.1. The molecule has 0 amide bonds. The van der Waals surface area contributed by atoms with Gasteiger partial charge in [0, 0.05) is 6.54 Å². The van der Waals surface area contributed by atoms with Crippen molar-refractivity contribution < 1.29 is 0 Å². The molecule has 19 heavy (non-hydrogen) atoms. The van der Waals surface area contributed by atoms with Crippen LogP contribution in [0, 0.1) is 11.8 Å². The molecule has 0 aliphatic heterocycles. The fourth-order valence-electron chi connectivity index (χ4n) is 3.20. The van der Waals surface area contributed by atoms with Crippen molar-refractivity contribution >= 4 is 11.0 Å². The predicted molar refractivity (Wildman–Crippen MR) is 77.1 cm³/mol. The van der Waals surface area contributed by atoms with Gasteiger partial charge in [0.15, 0.2) is 0 Å². The molecule has 0 unspecified atom stereocenters. The lowest BCUT2D eigenvalue weighted by Gasteiger charge is -2.27. The Kier molecular flexibility index (Phi) is 3.42. The number of nitrogens with one attached hydrogen (secondary N) is 1. The Morgan fingerprint density at radius 2 is 1.84 bits per heavy atom. The van der Waals surface area contributed by atoms with Gasteiger partial charge in [-0.2, -0.15) is 0 Å². The molecule has 0 saturated heterocycles. The van der Waals surface area contributed by atoms with E-state index in [9.17, 15) is 4.79 Å². The van der Waals surface area contributed by atoms with E-state index >= 15 is 0 Å². The maximum absolute atomic E-state index is 12.0. The van der Waals surface area contributed by atoms with Crippen molar-refractivity contribution in [3.8, 4) is 0 Å². The fourth-order valence-corrected chi connectivity index (χ4v) is 3.20. The quantitative estimate of drug-likeness (QED) is 0.886. The van der Waals surface area contributed by atoms with Crippen LogP contribution in [0.1, 0.15) is 25.7 Å². The van der Waals surface area contributed by atoms with Crippen LogP contribution in [-0.2, 0) is 6.54 Å². The zero-order chi connectivity index (χ0) is 13.2. The molecule has 0 bridgehead atoms. The van der Waals surface area contributed by atoms with E-state index in [2.05, 4.69) is 4.98 Å². The van der Waals surface area contributed by atoms with E-state index in [-0.39, 0.29) is 5.69 Å². The van der Waals surface area contributed by atoms with E-state index in [0.717, 1.165) is 24.1 Å². The van der Waals surface area contributed by atoms with Gasteiger partial charge in [0.2, 0.25) is 0 Å². The molecule has 1 aromatic carbocycles. The Morgan fingerprint density at radius 3 is 2.58 bits per heavy atom. The molecule has 0 radical (unpaired) electrons. The van der Waals surface area contributed by atoms with Gasteiger partial charge >= 0.3 is 5.69 Å². The van der Waals surface area contributed by atoms with Gasteiger partial charge in [0.05, 0.1) is 11.0 Å². The number of nitrogens with two attached hydrogens (primary N) is 1. The van der Waals surface area contributed by atoms with Gasteiger partial charge in [-0.3, -0.25) is 4.57 Å². The molecular weight excluding hydrogens is 238 g/mol. The lowest BCUT2D eigenvalue weighted by molar-refractivity contribution is 0.256. The number of benzene rings is 1. The standard InChI is InChI=1S/C15H21N3O/c16-9-11-5-7-12(8-6-11)10-18-14-4-2-1-3-13(14)17-15(18)19/h1-4,11-12H,5-10,16H2,(H,17,19)/t11-,12-. The van der Waals surface area contributed by atoms with Crippen molar-refractivity contribution in [2.75, 3.05) is 6.54 Å². The number of aromatic nitrogens is 2. The summed E-state index contributed by atoms with van der Waals surface area (Å²) in [5.74, 6) is 1.30. The van der Waals surface area contributed by atoms with Crippen LogP contribution in [0.15, 0.2) is 29.1 Å². The van der Waals surface area contributed by atoms with Crippen molar-refractivity contribution in [2.45, 2.75) is 32.2 Å². The number of aromatic amines is 1. The summed E-state index contributed by atoms with van der Waals surface area (Å²) in [7, 11) is 0. The summed E-state index contributed by atoms with van der Waals surface area (Å²) in [5, 5.41) is 0. The number of nitrogens with zero attached hydrogens (tertiary/aromatic N) is 1. The molecule has 1 aliphatic rings. The Balaban J connectivity index is 1.79. The van der Waals surface area contributed by atoms with Crippen LogP contribution in [0.2, 0.25) is 0 Å². The van der Waals surface area contributed by atoms with Crippen molar-refractivity contribution in [3.05, 3.63) is 34.7 Å². The Morgan fingerprint density at radius 1 is 1.16 bits per heavy atom. The minimum absolute atomic E-state index is 0.0159. The zero-order valence-electron chi connectivity index (χ0n) is 11.1. The third-order valence-electron chi connectivity index (χ3n) is 4.42. The second kappa shape index (κ2) is 5.21. The van der Waals surface area contributed by atoms with Gasteiger partial charge in [0.25, 0.3) is 0 Å². The number of hydrogen-bond donors (Lipinski definition) is 2. The van der Waals surface area contributed by atoms with E-state index < -0.39 is 0 Å². The van der Waals surface area contributed by atoms with Gasteiger partial charge in [-0.15, -0.1) is 0 Å². The molecule has 4 nitrogen and oxygen atoms in total. The first-order valence-corrected chi connectivity index (χ1v) is 7.15. The van der Waals surface area contributed by atoms with Gasteiger partial charge in [0.1, 0.15) is 0 Å². The molecule has 1 saturated carbocycles. The van der Waals surface area contributed by atoms with Crippen LogP contribution in [0.25, 0.3) is 11.0 Å². The first kappa shape index (κ1) is 12.5. The van der Waals surface area contributed by atoms with Crippen LogP contribution in [0.3, 0.4) is 0 Å². The number of rotatable bonds is 3. The molecule has 3 N–H and O–H groups in total. The van der Waals surface area contributed by atoms with E-state index in [1.807, 2.05) is 28.8 Å². The Hall–Kier alpha value is -1.55. The Labute approximate surface area is 112 Å². The summed E-state index contributed by atoms with van der Waals surface area (Å²) < 4.78 is 1.89. The number of H-pyrrole nitrogens is 1. The average molecular weight is 259 g/mol.